The number of benzene rings is 2. The van der Waals surface area contributed by atoms with Gasteiger partial charge in [0.2, 0.25) is 0 Å². The molecular formula is C23H22F3N3O4. The van der Waals surface area contributed by atoms with E-state index in [1.165, 1.54) is 0 Å². The maximum atomic E-state index is 12.6. The van der Waals surface area contributed by atoms with Gasteiger partial charge in [0.05, 0.1) is 16.8 Å². The van der Waals surface area contributed by atoms with E-state index < -0.39 is 17.6 Å². The molecule has 0 atom stereocenters. The second-order valence-electron chi connectivity index (χ2n) is 7.21. The summed E-state index contributed by atoms with van der Waals surface area (Å²) in [5.41, 5.74) is 1.22. The van der Waals surface area contributed by atoms with Crippen LogP contribution in [0.1, 0.15) is 43.3 Å². The van der Waals surface area contributed by atoms with Gasteiger partial charge < -0.3 is 19.9 Å². The minimum atomic E-state index is -4.46. The number of amides is 2. The van der Waals surface area contributed by atoms with E-state index in [0.29, 0.717) is 17.1 Å². The molecule has 0 bridgehead atoms. The molecule has 0 saturated heterocycles. The highest BCUT2D eigenvalue weighted by Crippen LogP contribution is 2.29. The largest absolute Gasteiger partial charge is 0.489 e. The van der Waals surface area contributed by atoms with E-state index in [-0.39, 0.29) is 31.2 Å². The van der Waals surface area contributed by atoms with Gasteiger partial charge in [0.15, 0.2) is 0 Å². The normalized spacial score (nSPS) is 11.2. The van der Waals surface area contributed by atoms with Crippen molar-refractivity contribution in [2.24, 2.45) is 0 Å². The Morgan fingerprint density at radius 1 is 0.970 bits per heavy atom. The van der Waals surface area contributed by atoms with Crippen LogP contribution in [0.3, 0.4) is 0 Å². The number of ether oxygens (including phenoxy) is 1. The maximum absolute atomic E-state index is 12.6. The lowest BCUT2D eigenvalue weighted by Gasteiger charge is -2.10. The van der Waals surface area contributed by atoms with Gasteiger partial charge in [-0.1, -0.05) is 11.2 Å². The summed E-state index contributed by atoms with van der Waals surface area (Å²) in [7, 11) is 0. The van der Waals surface area contributed by atoms with Crippen molar-refractivity contribution in [2.75, 3.05) is 13.1 Å². The van der Waals surface area contributed by atoms with Crippen molar-refractivity contribution in [3.8, 4) is 5.75 Å². The molecule has 0 fully saturated rings. The van der Waals surface area contributed by atoms with Gasteiger partial charge in [0.25, 0.3) is 11.8 Å². The summed E-state index contributed by atoms with van der Waals surface area (Å²) in [4.78, 5) is 24.4. The predicted octanol–water partition coefficient (Wildman–Crippen LogP) is 4.05. The van der Waals surface area contributed by atoms with Gasteiger partial charge in [-0.25, -0.2) is 0 Å². The quantitative estimate of drug-likeness (QED) is 0.494. The number of aromatic nitrogens is 1. The second kappa shape index (κ2) is 10.2. The minimum absolute atomic E-state index is 0.0949. The molecule has 3 rings (SSSR count). The molecule has 10 heteroatoms. The lowest BCUT2D eigenvalue weighted by molar-refractivity contribution is -0.137. The van der Waals surface area contributed by atoms with Crippen molar-refractivity contribution >= 4 is 11.8 Å². The highest BCUT2D eigenvalue weighted by atomic mass is 19.4. The summed E-state index contributed by atoms with van der Waals surface area (Å²) in [5.74, 6) is 0.271. The van der Waals surface area contributed by atoms with E-state index in [2.05, 4.69) is 15.8 Å². The zero-order chi connectivity index (χ0) is 24.0. The van der Waals surface area contributed by atoms with Crippen molar-refractivity contribution in [1.29, 1.82) is 0 Å². The summed E-state index contributed by atoms with van der Waals surface area (Å²) in [6, 6.07) is 10.5. The lowest BCUT2D eigenvalue weighted by atomic mass is 10.1. The SMILES string of the molecule is Cc1noc(C)c1COc1cccc(C(=O)NCCNC(=O)c2ccc(C(F)(F)F)cc2)c1. The molecule has 3 aromatic rings. The van der Waals surface area contributed by atoms with Gasteiger partial charge in [0, 0.05) is 24.2 Å². The molecule has 1 aromatic heterocycles. The molecule has 33 heavy (non-hydrogen) atoms. The Hall–Kier alpha value is -3.82. The van der Waals surface area contributed by atoms with Gasteiger partial charge in [-0.3, -0.25) is 9.59 Å². The molecule has 1 heterocycles. The van der Waals surface area contributed by atoms with Crippen molar-refractivity contribution in [3.05, 3.63) is 82.2 Å². The summed E-state index contributed by atoms with van der Waals surface area (Å²) < 4.78 is 48.6. The molecule has 2 amide bonds. The van der Waals surface area contributed by atoms with Crippen molar-refractivity contribution < 1.29 is 32.0 Å². The first kappa shape index (κ1) is 23.8. The molecular weight excluding hydrogens is 439 g/mol. The van der Waals surface area contributed by atoms with Crippen LogP contribution in [0, 0.1) is 13.8 Å². The Kier molecular flexibility index (Phi) is 7.37. The molecule has 0 unspecified atom stereocenters. The molecule has 0 aliphatic rings. The van der Waals surface area contributed by atoms with Gasteiger partial charge in [-0.05, 0) is 56.3 Å². The highest BCUT2D eigenvalue weighted by Gasteiger charge is 2.30. The topological polar surface area (TPSA) is 93.5 Å². The number of alkyl halides is 3. The first-order chi connectivity index (χ1) is 15.6. The van der Waals surface area contributed by atoms with E-state index in [1.54, 1.807) is 31.2 Å². The molecule has 2 N–H and O–H groups in total. The number of nitrogens with one attached hydrogen (secondary N) is 2. The number of aryl methyl sites for hydroxylation is 2. The maximum Gasteiger partial charge on any atom is 0.416 e. The van der Waals surface area contributed by atoms with Gasteiger partial charge in [-0.15, -0.1) is 0 Å². The van der Waals surface area contributed by atoms with E-state index in [0.717, 1.165) is 35.5 Å². The molecule has 0 saturated carbocycles. The molecule has 0 aliphatic heterocycles. The minimum Gasteiger partial charge on any atom is -0.489 e. The van der Waals surface area contributed by atoms with Gasteiger partial charge >= 0.3 is 6.18 Å². The average Bonchev–Trinajstić information content (AvgIpc) is 3.11. The van der Waals surface area contributed by atoms with Crippen LogP contribution in [0.25, 0.3) is 0 Å². The number of rotatable bonds is 8. The predicted molar refractivity (Wildman–Crippen MR) is 113 cm³/mol. The Labute approximate surface area is 187 Å². The monoisotopic (exact) mass is 461 g/mol. The van der Waals surface area contributed by atoms with E-state index >= 15 is 0 Å². The lowest BCUT2D eigenvalue weighted by Crippen LogP contribution is -2.34. The number of carbonyl (C=O) groups excluding carboxylic acids is 2. The van der Waals surface area contributed by atoms with Crippen LogP contribution in [-0.4, -0.2) is 30.1 Å². The summed E-state index contributed by atoms with van der Waals surface area (Å²) in [5, 5.41) is 9.08. The van der Waals surface area contributed by atoms with Crippen molar-refractivity contribution in [1.82, 2.24) is 15.8 Å². The third kappa shape index (κ3) is 6.34. The van der Waals surface area contributed by atoms with Crippen LogP contribution < -0.4 is 15.4 Å². The first-order valence-corrected chi connectivity index (χ1v) is 10.0. The summed E-state index contributed by atoms with van der Waals surface area (Å²) >= 11 is 0. The standard InChI is InChI=1S/C23H22F3N3O4/c1-14-20(15(2)33-29-14)13-32-19-5-3-4-17(12-19)22(31)28-11-10-27-21(30)16-6-8-18(9-7-16)23(24,25)26/h3-9,12H,10-11,13H2,1-2H3,(H,27,30)(H,28,31). The van der Waals surface area contributed by atoms with Crippen LogP contribution in [0.15, 0.2) is 53.1 Å². The number of nitrogens with zero attached hydrogens (tertiary/aromatic N) is 1. The van der Waals surface area contributed by atoms with E-state index in [4.69, 9.17) is 9.26 Å². The first-order valence-electron chi connectivity index (χ1n) is 10.0. The third-order valence-electron chi connectivity index (χ3n) is 4.83. The average molecular weight is 461 g/mol. The zero-order valence-corrected chi connectivity index (χ0v) is 18.0. The molecule has 7 nitrogen and oxygen atoms in total. The fourth-order valence-corrected chi connectivity index (χ4v) is 2.96. The Balaban J connectivity index is 1.46. The number of halogens is 3. The zero-order valence-electron chi connectivity index (χ0n) is 18.0. The van der Waals surface area contributed by atoms with Gasteiger partial charge in [0.1, 0.15) is 18.1 Å². The Morgan fingerprint density at radius 2 is 1.61 bits per heavy atom. The van der Waals surface area contributed by atoms with Crippen molar-refractivity contribution in [3.63, 3.8) is 0 Å². The van der Waals surface area contributed by atoms with Crippen LogP contribution in [0.2, 0.25) is 0 Å². The smallest absolute Gasteiger partial charge is 0.416 e. The second-order valence-corrected chi connectivity index (χ2v) is 7.21. The Bertz CT molecular complexity index is 1110. The van der Waals surface area contributed by atoms with Crippen LogP contribution in [0.4, 0.5) is 13.2 Å². The molecule has 0 spiro atoms. The fraction of sp³-hybridized carbons (Fsp3) is 0.261. The molecule has 174 valence electrons. The van der Waals surface area contributed by atoms with Crippen molar-refractivity contribution in [2.45, 2.75) is 26.6 Å². The van der Waals surface area contributed by atoms with Crippen LogP contribution >= 0.6 is 0 Å². The Morgan fingerprint density at radius 3 is 2.18 bits per heavy atom. The van der Waals surface area contributed by atoms with E-state index in [9.17, 15) is 22.8 Å². The molecule has 0 aliphatic carbocycles. The third-order valence-corrected chi connectivity index (χ3v) is 4.83. The number of carbonyl (C=O) groups is 2. The summed E-state index contributed by atoms with van der Waals surface area (Å²) in [6.45, 7) is 4.10. The highest BCUT2D eigenvalue weighted by molar-refractivity contribution is 5.95. The fourth-order valence-electron chi connectivity index (χ4n) is 2.96. The number of hydrogen-bond donors (Lipinski definition) is 2. The van der Waals surface area contributed by atoms with Gasteiger partial charge in [-0.2, -0.15) is 13.2 Å². The van der Waals surface area contributed by atoms with Crippen LogP contribution in [0.5, 0.6) is 5.75 Å². The molecule has 0 radical (unpaired) electrons. The summed E-state index contributed by atoms with van der Waals surface area (Å²) in [6.07, 6.45) is -4.46. The van der Waals surface area contributed by atoms with E-state index in [1.807, 2.05) is 6.92 Å². The number of hydrogen-bond acceptors (Lipinski definition) is 5. The molecule has 2 aromatic carbocycles. The van der Waals surface area contributed by atoms with Crippen LogP contribution in [-0.2, 0) is 12.8 Å².